The van der Waals surface area contributed by atoms with Gasteiger partial charge in [0.1, 0.15) is 6.10 Å². The normalized spacial score (nSPS) is 11.5. The molecule has 5 nitrogen and oxygen atoms in total. The number of rotatable bonds is 6. The SMILES string of the molecule is C=CCNC(=O)C(=O)NCc1ccc(C(O)c2ccccc2)s1. The van der Waals surface area contributed by atoms with Gasteiger partial charge in [-0.05, 0) is 17.7 Å². The van der Waals surface area contributed by atoms with Crippen LogP contribution in [-0.2, 0) is 16.1 Å². The third-order valence-corrected chi connectivity index (χ3v) is 4.24. The molecule has 120 valence electrons. The molecule has 2 amide bonds. The lowest BCUT2D eigenvalue weighted by Gasteiger charge is -2.08. The van der Waals surface area contributed by atoms with Gasteiger partial charge in [0.25, 0.3) is 0 Å². The van der Waals surface area contributed by atoms with Crippen molar-refractivity contribution in [3.63, 3.8) is 0 Å². The zero-order valence-corrected chi connectivity index (χ0v) is 13.3. The number of aliphatic hydroxyl groups excluding tert-OH is 1. The molecule has 0 saturated heterocycles. The summed E-state index contributed by atoms with van der Waals surface area (Å²) < 4.78 is 0. The van der Waals surface area contributed by atoms with Crippen LogP contribution in [-0.4, -0.2) is 23.5 Å². The van der Waals surface area contributed by atoms with Crippen LogP contribution in [0, 0.1) is 0 Å². The molecule has 3 N–H and O–H groups in total. The van der Waals surface area contributed by atoms with Gasteiger partial charge in [0.05, 0.1) is 6.54 Å². The first kappa shape index (κ1) is 16.9. The van der Waals surface area contributed by atoms with Crippen LogP contribution in [0.1, 0.15) is 21.4 Å². The highest BCUT2D eigenvalue weighted by molar-refractivity contribution is 7.12. The van der Waals surface area contributed by atoms with Crippen LogP contribution in [0.3, 0.4) is 0 Å². The van der Waals surface area contributed by atoms with Gasteiger partial charge in [-0.2, -0.15) is 0 Å². The zero-order chi connectivity index (χ0) is 16.7. The molecule has 6 heteroatoms. The molecule has 0 aliphatic heterocycles. The van der Waals surface area contributed by atoms with E-state index in [1.165, 1.54) is 17.4 Å². The van der Waals surface area contributed by atoms with Gasteiger partial charge >= 0.3 is 11.8 Å². The Hall–Kier alpha value is -2.44. The number of carbonyl (C=O) groups is 2. The Labute approximate surface area is 138 Å². The summed E-state index contributed by atoms with van der Waals surface area (Å²) >= 11 is 1.39. The van der Waals surface area contributed by atoms with Gasteiger partial charge in [-0.15, -0.1) is 17.9 Å². The van der Waals surface area contributed by atoms with Gasteiger partial charge in [0, 0.05) is 16.3 Å². The Morgan fingerprint density at radius 2 is 1.83 bits per heavy atom. The summed E-state index contributed by atoms with van der Waals surface area (Å²) in [5.74, 6) is -1.38. The van der Waals surface area contributed by atoms with E-state index in [0.29, 0.717) is 0 Å². The standard InChI is InChI=1S/C17H18N2O3S/c1-2-10-18-16(21)17(22)19-11-13-8-9-14(23-13)15(20)12-6-4-3-5-7-12/h2-9,15,20H,1,10-11H2,(H,18,21)(H,19,22). The largest absolute Gasteiger partial charge is 0.383 e. The van der Waals surface area contributed by atoms with Crippen molar-refractivity contribution in [2.24, 2.45) is 0 Å². The van der Waals surface area contributed by atoms with E-state index in [1.54, 1.807) is 0 Å². The first-order valence-corrected chi connectivity index (χ1v) is 7.92. The number of nitrogens with one attached hydrogen (secondary N) is 2. The van der Waals surface area contributed by atoms with Crippen molar-refractivity contribution in [3.05, 3.63) is 70.4 Å². The minimum absolute atomic E-state index is 0.243. The lowest BCUT2D eigenvalue weighted by atomic mass is 10.1. The number of amides is 2. The molecule has 0 aliphatic rings. The van der Waals surface area contributed by atoms with Gasteiger partial charge < -0.3 is 15.7 Å². The molecular formula is C17H18N2O3S. The quantitative estimate of drug-likeness (QED) is 0.558. The highest BCUT2D eigenvalue weighted by atomic mass is 32.1. The van der Waals surface area contributed by atoms with Gasteiger partial charge in [-0.1, -0.05) is 36.4 Å². The van der Waals surface area contributed by atoms with Crippen LogP contribution in [0.2, 0.25) is 0 Å². The van der Waals surface area contributed by atoms with Crippen molar-refractivity contribution in [1.29, 1.82) is 0 Å². The molecule has 0 aliphatic carbocycles. The second kappa shape index (κ2) is 8.26. The Kier molecular flexibility index (Phi) is 6.08. The average Bonchev–Trinajstić information content (AvgIpc) is 3.06. The van der Waals surface area contributed by atoms with Crippen LogP contribution in [0.15, 0.2) is 55.1 Å². The van der Waals surface area contributed by atoms with E-state index in [2.05, 4.69) is 17.2 Å². The number of thiophene rings is 1. The molecule has 0 radical (unpaired) electrons. The fourth-order valence-corrected chi connectivity index (χ4v) is 2.90. The van der Waals surface area contributed by atoms with E-state index in [0.717, 1.165) is 15.3 Å². The molecule has 0 fully saturated rings. The molecule has 23 heavy (non-hydrogen) atoms. The summed E-state index contributed by atoms with van der Waals surface area (Å²) in [5.41, 5.74) is 0.814. The molecule has 1 heterocycles. The predicted octanol–water partition coefficient (Wildman–Crippen LogP) is 1.75. The zero-order valence-electron chi connectivity index (χ0n) is 12.5. The van der Waals surface area contributed by atoms with Crippen molar-refractivity contribution >= 4 is 23.2 Å². The minimum Gasteiger partial charge on any atom is -0.383 e. The van der Waals surface area contributed by atoms with Crippen LogP contribution >= 0.6 is 11.3 Å². The van der Waals surface area contributed by atoms with Crippen LogP contribution < -0.4 is 10.6 Å². The topological polar surface area (TPSA) is 78.4 Å². The third-order valence-electron chi connectivity index (χ3n) is 3.10. The summed E-state index contributed by atoms with van der Waals surface area (Å²) in [6.07, 6.45) is 0.809. The van der Waals surface area contributed by atoms with Crippen molar-refractivity contribution < 1.29 is 14.7 Å². The number of benzene rings is 1. The molecule has 2 rings (SSSR count). The van der Waals surface area contributed by atoms with Gasteiger partial charge in [0.2, 0.25) is 0 Å². The first-order chi connectivity index (χ1) is 11.1. The summed E-state index contributed by atoms with van der Waals surface area (Å²) in [4.78, 5) is 24.6. The molecule has 1 aromatic carbocycles. The van der Waals surface area contributed by atoms with Crippen molar-refractivity contribution in [2.75, 3.05) is 6.54 Å². The molecular weight excluding hydrogens is 312 g/mol. The maximum absolute atomic E-state index is 11.6. The van der Waals surface area contributed by atoms with E-state index >= 15 is 0 Å². The van der Waals surface area contributed by atoms with Gasteiger partial charge in [0.15, 0.2) is 0 Å². The number of hydrogen-bond acceptors (Lipinski definition) is 4. The number of carbonyl (C=O) groups excluding carboxylic acids is 2. The second-order valence-corrected chi connectivity index (χ2v) is 6.00. The summed E-state index contributed by atoms with van der Waals surface area (Å²) in [6, 6.07) is 13.0. The monoisotopic (exact) mass is 330 g/mol. The second-order valence-electron chi connectivity index (χ2n) is 4.80. The highest BCUT2D eigenvalue weighted by Crippen LogP contribution is 2.28. The van der Waals surface area contributed by atoms with E-state index in [-0.39, 0.29) is 13.1 Å². The molecule has 0 bridgehead atoms. The average molecular weight is 330 g/mol. The van der Waals surface area contributed by atoms with Crippen LogP contribution in [0.4, 0.5) is 0 Å². The maximum Gasteiger partial charge on any atom is 0.309 e. The molecule has 1 unspecified atom stereocenters. The summed E-state index contributed by atoms with van der Waals surface area (Å²) in [7, 11) is 0. The Morgan fingerprint density at radius 1 is 1.13 bits per heavy atom. The first-order valence-electron chi connectivity index (χ1n) is 7.10. The Morgan fingerprint density at radius 3 is 2.52 bits per heavy atom. The van der Waals surface area contributed by atoms with Crippen LogP contribution in [0.5, 0.6) is 0 Å². The fraction of sp³-hybridized carbons (Fsp3) is 0.176. The van der Waals surface area contributed by atoms with Crippen molar-refractivity contribution in [1.82, 2.24) is 10.6 Å². The lowest BCUT2D eigenvalue weighted by molar-refractivity contribution is -0.139. The van der Waals surface area contributed by atoms with E-state index in [9.17, 15) is 14.7 Å². The molecule has 1 atom stereocenters. The minimum atomic E-state index is -0.693. The molecule has 0 saturated carbocycles. The van der Waals surface area contributed by atoms with Crippen LogP contribution in [0.25, 0.3) is 0 Å². The van der Waals surface area contributed by atoms with Crippen molar-refractivity contribution in [3.8, 4) is 0 Å². The van der Waals surface area contributed by atoms with Gasteiger partial charge in [-0.3, -0.25) is 9.59 Å². The molecule has 2 aromatic rings. The number of hydrogen-bond donors (Lipinski definition) is 3. The van der Waals surface area contributed by atoms with E-state index in [4.69, 9.17) is 0 Å². The fourth-order valence-electron chi connectivity index (χ4n) is 1.93. The molecule has 1 aromatic heterocycles. The van der Waals surface area contributed by atoms with Gasteiger partial charge in [-0.25, -0.2) is 0 Å². The lowest BCUT2D eigenvalue weighted by Crippen LogP contribution is -2.39. The maximum atomic E-state index is 11.6. The Balaban J connectivity index is 1.91. The Bertz CT molecular complexity index is 682. The van der Waals surface area contributed by atoms with E-state index in [1.807, 2.05) is 42.5 Å². The highest BCUT2D eigenvalue weighted by Gasteiger charge is 2.15. The predicted molar refractivity (Wildman–Crippen MR) is 89.9 cm³/mol. The smallest absolute Gasteiger partial charge is 0.309 e. The summed E-state index contributed by atoms with van der Waals surface area (Å²) in [5, 5.41) is 15.3. The molecule has 0 spiro atoms. The van der Waals surface area contributed by atoms with Crippen molar-refractivity contribution in [2.45, 2.75) is 12.6 Å². The summed E-state index contributed by atoms with van der Waals surface area (Å²) in [6.45, 7) is 3.95. The third kappa shape index (κ3) is 4.77. The number of aliphatic hydroxyl groups is 1. The van der Waals surface area contributed by atoms with E-state index < -0.39 is 17.9 Å².